The van der Waals surface area contributed by atoms with E-state index in [4.69, 9.17) is 0 Å². The van der Waals surface area contributed by atoms with Crippen LogP contribution in [-0.2, 0) is 16.0 Å². The number of anilines is 1. The highest BCUT2D eigenvalue weighted by molar-refractivity contribution is 8.04. The summed E-state index contributed by atoms with van der Waals surface area (Å²) in [7, 11) is 0. The van der Waals surface area contributed by atoms with E-state index >= 15 is 0 Å². The number of benzene rings is 2. The van der Waals surface area contributed by atoms with E-state index in [0.29, 0.717) is 17.4 Å². The Balaban J connectivity index is 1.42. The second kappa shape index (κ2) is 9.35. The number of fused-ring (bicyclic) bond motifs is 1. The van der Waals surface area contributed by atoms with E-state index < -0.39 is 0 Å². The van der Waals surface area contributed by atoms with Crippen LogP contribution in [0.5, 0.6) is 0 Å². The van der Waals surface area contributed by atoms with Gasteiger partial charge in [-0.25, -0.2) is 0 Å². The van der Waals surface area contributed by atoms with Crippen molar-refractivity contribution in [1.82, 2.24) is 4.90 Å². The quantitative estimate of drug-likeness (QED) is 0.523. The minimum absolute atomic E-state index is 0.0676. The number of para-hydroxylation sites is 1. The average Bonchev–Trinajstić information content (AvgIpc) is 2.78. The molecule has 0 aliphatic carbocycles. The smallest absolute Gasteiger partial charge is 0.265 e. The minimum atomic E-state index is -0.133. The molecule has 2 aromatic carbocycles. The maximum absolute atomic E-state index is 13.0. The number of likely N-dealkylation sites (tertiary alicyclic amines) is 1. The van der Waals surface area contributed by atoms with Crippen LogP contribution in [0.25, 0.3) is 0 Å². The van der Waals surface area contributed by atoms with Gasteiger partial charge in [0.25, 0.3) is 5.91 Å². The molecule has 0 unspecified atom stereocenters. The molecule has 0 atom stereocenters. The normalized spacial score (nSPS) is 18.4. The third-order valence-electron chi connectivity index (χ3n) is 5.69. The van der Waals surface area contributed by atoms with E-state index in [1.54, 1.807) is 11.0 Å². The van der Waals surface area contributed by atoms with Crippen LogP contribution in [0.15, 0.2) is 83.1 Å². The van der Waals surface area contributed by atoms with Crippen LogP contribution < -0.4 is 4.90 Å². The van der Waals surface area contributed by atoms with Gasteiger partial charge in [-0.15, -0.1) is 6.58 Å². The summed E-state index contributed by atoms with van der Waals surface area (Å²) in [5, 5.41) is 0. The van der Waals surface area contributed by atoms with Gasteiger partial charge in [0.2, 0.25) is 5.91 Å². The lowest BCUT2D eigenvalue weighted by Gasteiger charge is -2.32. The van der Waals surface area contributed by atoms with Crippen molar-refractivity contribution in [3.8, 4) is 0 Å². The van der Waals surface area contributed by atoms with Gasteiger partial charge < -0.3 is 9.80 Å². The molecule has 0 bridgehead atoms. The number of hydrogen-bond acceptors (Lipinski definition) is 3. The Morgan fingerprint density at radius 1 is 1.07 bits per heavy atom. The zero-order valence-electron chi connectivity index (χ0n) is 17.0. The minimum Gasteiger partial charge on any atom is -0.339 e. The van der Waals surface area contributed by atoms with Gasteiger partial charge in [0.05, 0.1) is 10.6 Å². The zero-order valence-corrected chi connectivity index (χ0v) is 17.8. The topological polar surface area (TPSA) is 40.6 Å². The number of hydrogen-bond donors (Lipinski definition) is 0. The summed E-state index contributed by atoms with van der Waals surface area (Å²) in [6.45, 7) is 5.67. The van der Waals surface area contributed by atoms with Crippen LogP contribution in [0.1, 0.15) is 18.4 Å². The lowest BCUT2D eigenvalue weighted by molar-refractivity contribution is -0.127. The van der Waals surface area contributed by atoms with Gasteiger partial charge in [-0.2, -0.15) is 0 Å². The molecule has 2 aromatic rings. The van der Waals surface area contributed by atoms with Gasteiger partial charge in [-0.3, -0.25) is 9.59 Å². The molecule has 154 valence electrons. The van der Waals surface area contributed by atoms with Crippen LogP contribution in [0.3, 0.4) is 0 Å². The van der Waals surface area contributed by atoms with Crippen LogP contribution in [0.2, 0.25) is 0 Å². The van der Waals surface area contributed by atoms with E-state index in [-0.39, 0.29) is 11.8 Å². The van der Waals surface area contributed by atoms with E-state index in [2.05, 4.69) is 30.8 Å². The van der Waals surface area contributed by atoms with Crippen LogP contribution >= 0.6 is 11.8 Å². The lowest BCUT2D eigenvalue weighted by Crippen LogP contribution is -2.39. The predicted molar refractivity (Wildman–Crippen MR) is 122 cm³/mol. The van der Waals surface area contributed by atoms with Crippen molar-refractivity contribution in [2.24, 2.45) is 5.92 Å². The van der Waals surface area contributed by atoms with Gasteiger partial charge >= 0.3 is 0 Å². The van der Waals surface area contributed by atoms with Crippen molar-refractivity contribution in [3.63, 3.8) is 0 Å². The molecule has 5 heteroatoms. The highest BCUT2D eigenvalue weighted by atomic mass is 32.2. The van der Waals surface area contributed by atoms with Gasteiger partial charge in [-0.05, 0) is 42.9 Å². The summed E-state index contributed by atoms with van der Waals surface area (Å²) >= 11 is 1.38. The molecule has 0 N–H and O–H groups in total. The molecule has 1 fully saturated rings. The van der Waals surface area contributed by atoms with Crippen molar-refractivity contribution in [3.05, 3.63) is 83.8 Å². The molecule has 30 heavy (non-hydrogen) atoms. The average molecular weight is 419 g/mol. The Labute approximate surface area is 182 Å². The SMILES string of the molecule is C=CCN1C(=O)C(=CC(=O)N2CCC(Cc3ccccc3)CC2)Sc2ccccc21. The van der Waals surface area contributed by atoms with E-state index in [1.807, 2.05) is 35.2 Å². The van der Waals surface area contributed by atoms with Crippen LogP contribution in [-0.4, -0.2) is 36.3 Å². The summed E-state index contributed by atoms with van der Waals surface area (Å²) in [5.74, 6) is 0.401. The Bertz CT molecular complexity index is 962. The fourth-order valence-corrected chi connectivity index (χ4v) is 5.10. The number of amides is 2. The van der Waals surface area contributed by atoms with Crippen LogP contribution in [0, 0.1) is 5.92 Å². The number of nitrogens with zero attached hydrogens (tertiary/aromatic N) is 2. The fourth-order valence-electron chi connectivity index (χ4n) is 4.08. The molecule has 4 nitrogen and oxygen atoms in total. The molecule has 2 aliphatic heterocycles. The third kappa shape index (κ3) is 4.51. The summed E-state index contributed by atoms with van der Waals surface area (Å²) in [4.78, 5) is 30.9. The fraction of sp³-hybridized carbons (Fsp3) is 0.280. The number of rotatable bonds is 5. The van der Waals surface area contributed by atoms with E-state index in [1.165, 1.54) is 23.4 Å². The van der Waals surface area contributed by atoms with Crippen molar-refractivity contribution < 1.29 is 9.59 Å². The molecule has 4 rings (SSSR count). The van der Waals surface area contributed by atoms with Gasteiger partial charge in [0, 0.05) is 30.6 Å². The summed E-state index contributed by atoms with van der Waals surface area (Å²) in [6.07, 6.45) is 6.29. The Morgan fingerprint density at radius 2 is 1.77 bits per heavy atom. The molecule has 2 aliphatic rings. The number of carbonyl (C=O) groups excluding carboxylic acids is 2. The summed E-state index contributed by atoms with van der Waals surface area (Å²) in [5.41, 5.74) is 2.23. The largest absolute Gasteiger partial charge is 0.339 e. The number of piperidine rings is 1. The first kappa shape index (κ1) is 20.5. The maximum atomic E-state index is 13.0. The Morgan fingerprint density at radius 3 is 2.50 bits per heavy atom. The molecule has 0 aromatic heterocycles. The first-order valence-corrected chi connectivity index (χ1v) is 11.2. The summed E-state index contributed by atoms with van der Waals surface area (Å²) < 4.78 is 0. The Hall–Kier alpha value is -2.79. The highest BCUT2D eigenvalue weighted by Gasteiger charge is 2.30. The second-order valence-electron chi connectivity index (χ2n) is 7.74. The maximum Gasteiger partial charge on any atom is 0.265 e. The van der Waals surface area contributed by atoms with Crippen molar-refractivity contribution in [1.29, 1.82) is 0 Å². The number of carbonyl (C=O) groups is 2. The first-order valence-electron chi connectivity index (χ1n) is 10.4. The van der Waals surface area contributed by atoms with Crippen LogP contribution in [0.4, 0.5) is 5.69 Å². The molecule has 1 saturated heterocycles. The van der Waals surface area contributed by atoms with Crippen molar-refractivity contribution in [2.45, 2.75) is 24.2 Å². The molecular weight excluding hydrogens is 392 g/mol. The third-order valence-corrected chi connectivity index (χ3v) is 6.77. The molecule has 2 heterocycles. The van der Waals surface area contributed by atoms with Crippen molar-refractivity contribution >= 4 is 29.3 Å². The van der Waals surface area contributed by atoms with Gasteiger partial charge in [0.15, 0.2) is 0 Å². The molecule has 0 radical (unpaired) electrons. The molecular formula is C25H26N2O2S. The highest BCUT2D eigenvalue weighted by Crippen LogP contribution is 2.41. The lowest BCUT2D eigenvalue weighted by atomic mass is 9.90. The predicted octanol–water partition coefficient (Wildman–Crippen LogP) is 4.68. The van der Waals surface area contributed by atoms with Gasteiger partial charge in [0.1, 0.15) is 0 Å². The Kier molecular flexibility index (Phi) is 6.38. The zero-order chi connectivity index (χ0) is 20.9. The van der Waals surface area contributed by atoms with E-state index in [0.717, 1.165) is 42.9 Å². The monoisotopic (exact) mass is 418 g/mol. The van der Waals surface area contributed by atoms with E-state index in [9.17, 15) is 9.59 Å². The van der Waals surface area contributed by atoms with Gasteiger partial charge in [-0.1, -0.05) is 60.3 Å². The number of thioether (sulfide) groups is 1. The summed E-state index contributed by atoms with van der Waals surface area (Å²) in [6, 6.07) is 18.3. The molecule has 0 saturated carbocycles. The molecule has 2 amide bonds. The molecule has 0 spiro atoms. The standard InChI is InChI=1S/C25H26N2O2S/c1-2-14-27-21-10-6-7-11-22(21)30-23(25(27)29)18-24(28)26-15-12-20(13-16-26)17-19-8-4-3-5-9-19/h2-11,18,20H,1,12-17H2. The van der Waals surface area contributed by atoms with Crippen molar-refractivity contribution in [2.75, 3.05) is 24.5 Å². The first-order chi connectivity index (χ1) is 14.7. The second-order valence-corrected chi connectivity index (χ2v) is 8.82.